The highest BCUT2D eigenvalue weighted by atomic mass is 19.1. The summed E-state index contributed by atoms with van der Waals surface area (Å²) < 4.78 is 18.0. The maximum absolute atomic E-state index is 13.0. The van der Waals surface area contributed by atoms with Crippen molar-refractivity contribution in [2.45, 2.75) is 39.2 Å². The number of hydrogen-bond acceptors (Lipinski definition) is 3. The minimum absolute atomic E-state index is 0.104. The highest BCUT2D eigenvalue weighted by Crippen LogP contribution is 2.29. The molecule has 22 heavy (non-hydrogen) atoms. The number of carbonyl (C=O) groups is 2. The van der Waals surface area contributed by atoms with E-state index in [4.69, 9.17) is 4.74 Å². The molecule has 0 spiro atoms. The van der Waals surface area contributed by atoms with Crippen LogP contribution in [-0.2, 0) is 9.53 Å². The molecule has 1 fully saturated rings. The SMILES string of the molecule is C[C@@H]1[C@H](C)CCC[C@@H]1NC(=O)COC(=O)c1cccc(F)c1. The Balaban J connectivity index is 1.81. The van der Waals surface area contributed by atoms with Gasteiger partial charge in [-0.05, 0) is 36.5 Å². The molecule has 5 heteroatoms. The molecule has 1 saturated carbocycles. The molecule has 2 rings (SSSR count). The van der Waals surface area contributed by atoms with Gasteiger partial charge in [0.1, 0.15) is 5.82 Å². The highest BCUT2D eigenvalue weighted by Gasteiger charge is 2.28. The van der Waals surface area contributed by atoms with Crippen LogP contribution in [-0.4, -0.2) is 24.5 Å². The smallest absolute Gasteiger partial charge is 0.338 e. The normalized spacial score (nSPS) is 24.6. The number of amides is 1. The number of carbonyl (C=O) groups excluding carboxylic acids is 2. The van der Waals surface area contributed by atoms with Crippen LogP contribution in [0, 0.1) is 17.7 Å². The van der Waals surface area contributed by atoms with Crippen LogP contribution in [0.5, 0.6) is 0 Å². The van der Waals surface area contributed by atoms with Crippen molar-refractivity contribution in [1.82, 2.24) is 5.32 Å². The van der Waals surface area contributed by atoms with Gasteiger partial charge in [-0.2, -0.15) is 0 Å². The lowest BCUT2D eigenvalue weighted by Gasteiger charge is -2.34. The minimum Gasteiger partial charge on any atom is -0.452 e. The van der Waals surface area contributed by atoms with E-state index in [-0.39, 0.29) is 24.1 Å². The predicted molar refractivity (Wildman–Crippen MR) is 80.8 cm³/mol. The molecule has 1 aromatic carbocycles. The van der Waals surface area contributed by atoms with Gasteiger partial charge in [0.25, 0.3) is 5.91 Å². The second kappa shape index (κ2) is 7.38. The van der Waals surface area contributed by atoms with E-state index >= 15 is 0 Å². The third-order valence-corrected chi connectivity index (χ3v) is 4.45. The average Bonchev–Trinajstić information content (AvgIpc) is 2.49. The number of benzene rings is 1. The van der Waals surface area contributed by atoms with Crippen molar-refractivity contribution in [3.63, 3.8) is 0 Å². The second-order valence-corrected chi connectivity index (χ2v) is 6.03. The zero-order valence-electron chi connectivity index (χ0n) is 13.0. The van der Waals surface area contributed by atoms with E-state index in [9.17, 15) is 14.0 Å². The monoisotopic (exact) mass is 307 g/mol. The average molecular weight is 307 g/mol. The van der Waals surface area contributed by atoms with Crippen molar-refractivity contribution >= 4 is 11.9 Å². The lowest BCUT2D eigenvalue weighted by molar-refractivity contribution is -0.125. The third kappa shape index (κ3) is 4.29. The Morgan fingerprint density at radius 3 is 2.82 bits per heavy atom. The van der Waals surface area contributed by atoms with Gasteiger partial charge in [-0.25, -0.2) is 9.18 Å². The number of hydrogen-bond donors (Lipinski definition) is 1. The Bertz CT molecular complexity index is 546. The quantitative estimate of drug-likeness (QED) is 0.870. The molecule has 0 bridgehead atoms. The van der Waals surface area contributed by atoms with Gasteiger partial charge in [0.05, 0.1) is 5.56 Å². The van der Waals surface area contributed by atoms with Crippen LogP contribution >= 0.6 is 0 Å². The third-order valence-electron chi connectivity index (χ3n) is 4.45. The summed E-state index contributed by atoms with van der Waals surface area (Å²) in [4.78, 5) is 23.6. The molecule has 1 aliphatic carbocycles. The van der Waals surface area contributed by atoms with Gasteiger partial charge in [0.2, 0.25) is 0 Å². The molecule has 0 saturated heterocycles. The largest absolute Gasteiger partial charge is 0.452 e. The van der Waals surface area contributed by atoms with Crippen molar-refractivity contribution in [2.24, 2.45) is 11.8 Å². The standard InChI is InChI=1S/C17H22FNO3/c1-11-5-3-8-15(12(11)2)19-16(20)10-22-17(21)13-6-4-7-14(18)9-13/h4,6-7,9,11-12,15H,3,5,8,10H2,1-2H3,(H,19,20)/t11-,12-,15+/m1/s1. The maximum Gasteiger partial charge on any atom is 0.338 e. The highest BCUT2D eigenvalue weighted by molar-refractivity contribution is 5.91. The minimum atomic E-state index is -0.695. The lowest BCUT2D eigenvalue weighted by Crippen LogP contribution is -2.45. The molecule has 120 valence electrons. The lowest BCUT2D eigenvalue weighted by atomic mass is 9.78. The number of rotatable bonds is 4. The van der Waals surface area contributed by atoms with Gasteiger partial charge in [-0.1, -0.05) is 32.8 Å². The van der Waals surface area contributed by atoms with E-state index in [1.54, 1.807) is 0 Å². The van der Waals surface area contributed by atoms with E-state index < -0.39 is 11.8 Å². The number of nitrogens with one attached hydrogen (secondary N) is 1. The molecular formula is C17H22FNO3. The first-order valence-electron chi connectivity index (χ1n) is 7.69. The summed E-state index contributed by atoms with van der Waals surface area (Å²) in [5, 5.41) is 2.93. The number of ether oxygens (including phenoxy) is 1. The van der Waals surface area contributed by atoms with Crippen LogP contribution in [0.3, 0.4) is 0 Å². The molecule has 1 aliphatic rings. The summed E-state index contributed by atoms with van der Waals surface area (Å²) in [6.45, 7) is 3.98. The van der Waals surface area contributed by atoms with Crippen LogP contribution in [0.4, 0.5) is 4.39 Å². The first kappa shape index (κ1) is 16.5. The van der Waals surface area contributed by atoms with Crippen LogP contribution in [0.15, 0.2) is 24.3 Å². The summed E-state index contributed by atoms with van der Waals surface area (Å²) in [6, 6.07) is 5.34. The summed E-state index contributed by atoms with van der Waals surface area (Å²) in [7, 11) is 0. The first-order valence-corrected chi connectivity index (χ1v) is 7.69. The van der Waals surface area contributed by atoms with Crippen molar-refractivity contribution in [3.05, 3.63) is 35.6 Å². The van der Waals surface area contributed by atoms with Crippen molar-refractivity contribution in [1.29, 1.82) is 0 Å². The molecule has 0 unspecified atom stereocenters. The second-order valence-electron chi connectivity index (χ2n) is 6.03. The molecule has 0 aromatic heterocycles. The Morgan fingerprint density at radius 2 is 2.09 bits per heavy atom. The van der Waals surface area contributed by atoms with Crippen molar-refractivity contribution < 1.29 is 18.7 Å². The van der Waals surface area contributed by atoms with Crippen LogP contribution in [0.25, 0.3) is 0 Å². The molecule has 3 atom stereocenters. The summed E-state index contributed by atoms with van der Waals surface area (Å²) in [5.41, 5.74) is 0.104. The summed E-state index contributed by atoms with van der Waals surface area (Å²) >= 11 is 0. The Labute approximate surface area is 130 Å². The van der Waals surface area contributed by atoms with E-state index in [0.717, 1.165) is 18.9 Å². The number of halogens is 1. The van der Waals surface area contributed by atoms with Gasteiger partial charge >= 0.3 is 5.97 Å². The summed E-state index contributed by atoms with van der Waals surface area (Å²) in [5.74, 6) is -0.523. The van der Waals surface area contributed by atoms with Crippen molar-refractivity contribution in [3.8, 4) is 0 Å². The zero-order chi connectivity index (χ0) is 16.1. The molecule has 1 amide bonds. The van der Waals surface area contributed by atoms with Gasteiger partial charge in [-0.3, -0.25) is 4.79 Å². The predicted octanol–water partition coefficient (Wildman–Crippen LogP) is 2.92. The molecule has 4 nitrogen and oxygen atoms in total. The van der Waals surface area contributed by atoms with Gasteiger partial charge in [0.15, 0.2) is 6.61 Å². The summed E-state index contributed by atoms with van der Waals surface area (Å²) in [6.07, 6.45) is 3.23. The molecule has 0 aliphatic heterocycles. The van der Waals surface area contributed by atoms with Crippen LogP contribution < -0.4 is 5.32 Å². The Morgan fingerprint density at radius 1 is 1.32 bits per heavy atom. The molecular weight excluding hydrogens is 285 g/mol. The van der Waals surface area contributed by atoms with E-state index in [1.807, 2.05) is 0 Å². The van der Waals surface area contributed by atoms with E-state index in [0.29, 0.717) is 11.8 Å². The first-order chi connectivity index (χ1) is 10.5. The fourth-order valence-corrected chi connectivity index (χ4v) is 2.86. The number of esters is 1. The van der Waals surface area contributed by atoms with Gasteiger partial charge in [-0.15, -0.1) is 0 Å². The molecule has 1 N–H and O–H groups in total. The molecule has 1 aromatic rings. The van der Waals surface area contributed by atoms with E-state index in [1.165, 1.54) is 24.6 Å². The van der Waals surface area contributed by atoms with Crippen molar-refractivity contribution in [2.75, 3.05) is 6.61 Å². The van der Waals surface area contributed by atoms with Crippen LogP contribution in [0.2, 0.25) is 0 Å². The fourth-order valence-electron chi connectivity index (χ4n) is 2.86. The fraction of sp³-hybridized carbons (Fsp3) is 0.529. The molecule has 0 radical (unpaired) electrons. The topological polar surface area (TPSA) is 55.4 Å². The Hall–Kier alpha value is -1.91. The zero-order valence-corrected chi connectivity index (χ0v) is 13.0. The van der Waals surface area contributed by atoms with Gasteiger partial charge in [0, 0.05) is 6.04 Å². The maximum atomic E-state index is 13.0. The van der Waals surface area contributed by atoms with Crippen LogP contribution in [0.1, 0.15) is 43.5 Å². The molecule has 0 heterocycles. The van der Waals surface area contributed by atoms with Gasteiger partial charge < -0.3 is 10.1 Å². The Kier molecular flexibility index (Phi) is 5.52. The van der Waals surface area contributed by atoms with E-state index in [2.05, 4.69) is 19.2 Å².